The van der Waals surface area contributed by atoms with E-state index >= 15 is 0 Å². The first-order valence-corrected chi connectivity index (χ1v) is 9.66. The lowest BCUT2D eigenvalue weighted by Gasteiger charge is -1.92. The molecule has 0 fully saturated rings. The van der Waals surface area contributed by atoms with Crippen LogP contribution < -0.4 is 0 Å². The van der Waals surface area contributed by atoms with Crippen molar-refractivity contribution in [1.82, 2.24) is 10.2 Å². The Morgan fingerprint density at radius 1 is 0.941 bits per heavy atom. The SMILES string of the molecule is O=S(=O)(O)CSc1nnc(SCS(=O)(=O)O)s1. The molecule has 0 amide bonds. The molecule has 0 aliphatic carbocycles. The molecule has 1 rings (SSSR count). The second kappa shape index (κ2) is 5.81. The fourth-order valence-electron chi connectivity index (χ4n) is 0.564. The quantitative estimate of drug-likeness (QED) is 0.554. The summed E-state index contributed by atoms with van der Waals surface area (Å²) in [4.78, 5) is 0. The zero-order valence-corrected chi connectivity index (χ0v) is 12.0. The average molecular weight is 338 g/mol. The number of rotatable bonds is 6. The van der Waals surface area contributed by atoms with Crippen molar-refractivity contribution in [2.75, 3.05) is 10.2 Å². The maximum atomic E-state index is 10.4. The van der Waals surface area contributed by atoms with Gasteiger partial charge in [0.15, 0.2) is 8.68 Å². The van der Waals surface area contributed by atoms with Crippen molar-refractivity contribution < 1.29 is 25.9 Å². The average Bonchev–Trinajstić information content (AvgIpc) is 2.57. The van der Waals surface area contributed by atoms with Crippen LogP contribution in [-0.4, -0.2) is 46.3 Å². The molecule has 0 spiro atoms. The summed E-state index contributed by atoms with van der Waals surface area (Å²) >= 11 is 2.49. The van der Waals surface area contributed by atoms with Crippen molar-refractivity contribution in [1.29, 1.82) is 0 Å². The lowest BCUT2D eigenvalue weighted by atomic mass is 11.5. The fraction of sp³-hybridized carbons (Fsp3) is 0.500. The highest BCUT2D eigenvalue weighted by molar-refractivity contribution is 8.13. The predicted octanol–water partition coefficient (Wildman–Crippen LogP) is 0.413. The fourth-order valence-corrected chi connectivity index (χ4v) is 5.04. The summed E-state index contributed by atoms with van der Waals surface area (Å²) in [6.07, 6.45) is 0. The largest absolute Gasteiger partial charge is 0.285 e. The molecule has 1 aromatic heterocycles. The minimum atomic E-state index is -4.09. The van der Waals surface area contributed by atoms with Gasteiger partial charge in [0, 0.05) is 0 Å². The first-order chi connectivity index (χ1) is 7.66. The van der Waals surface area contributed by atoms with E-state index in [9.17, 15) is 16.8 Å². The van der Waals surface area contributed by atoms with Gasteiger partial charge in [-0.2, -0.15) is 16.8 Å². The second-order valence-corrected chi connectivity index (χ2v) is 9.58. The van der Waals surface area contributed by atoms with Crippen LogP contribution in [0.2, 0.25) is 0 Å². The second-order valence-electron chi connectivity index (χ2n) is 2.52. The Hall–Kier alpha value is 0.0800. The molecule has 0 bridgehead atoms. The lowest BCUT2D eigenvalue weighted by molar-refractivity contribution is 0.486. The third-order valence-electron chi connectivity index (χ3n) is 1.05. The molecule has 17 heavy (non-hydrogen) atoms. The van der Waals surface area contributed by atoms with Gasteiger partial charge < -0.3 is 0 Å². The van der Waals surface area contributed by atoms with E-state index in [-0.39, 0.29) is 8.68 Å². The van der Waals surface area contributed by atoms with E-state index in [0.717, 1.165) is 34.9 Å². The summed E-state index contributed by atoms with van der Waals surface area (Å²) in [6, 6.07) is 0. The molecular formula is C4H6N2O6S5. The van der Waals surface area contributed by atoms with Gasteiger partial charge in [-0.1, -0.05) is 34.9 Å². The molecule has 0 saturated carbocycles. The van der Waals surface area contributed by atoms with Crippen LogP contribution in [0.25, 0.3) is 0 Å². The van der Waals surface area contributed by atoms with Crippen molar-refractivity contribution >= 4 is 55.1 Å². The van der Waals surface area contributed by atoms with Gasteiger partial charge >= 0.3 is 0 Å². The third-order valence-corrected chi connectivity index (χ3v) is 6.75. The van der Waals surface area contributed by atoms with E-state index < -0.39 is 30.4 Å². The Morgan fingerprint density at radius 3 is 1.59 bits per heavy atom. The van der Waals surface area contributed by atoms with Crippen molar-refractivity contribution in [2.45, 2.75) is 8.68 Å². The first-order valence-electron chi connectivity index (χ1n) is 3.65. The molecule has 13 heteroatoms. The molecule has 0 unspecified atom stereocenters. The Kier molecular flexibility index (Phi) is 5.18. The maximum Gasteiger partial charge on any atom is 0.274 e. The molecule has 1 heterocycles. The lowest BCUT2D eigenvalue weighted by Crippen LogP contribution is -1.99. The van der Waals surface area contributed by atoms with Crippen molar-refractivity contribution in [2.24, 2.45) is 0 Å². The van der Waals surface area contributed by atoms with E-state index in [0.29, 0.717) is 0 Å². The summed E-state index contributed by atoms with van der Waals surface area (Å²) in [5, 5.41) is 6.06. The van der Waals surface area contributed by atoms with Crippen LogP contribution in [0.3, 0.4) is 0 Å². The Bertz CT molecular complexity index is 525. The van der Waals surface area contributed by atoms with Gasteiger partial charge in [-0.3, -0.25) is 9.11 Å². The van der Waals surface area contributed by atoms with Crippen LogP contribution in [0.4, 0.5) is 0 Å². The van der Waals surface area contributed by atoms with Gasteiger partial charge in [0.05, 0.1) is 0 Å². The van der Waals surface area contributed by atoms with E-state index in [4.69, 9.17) is 9.11 Å². The summed E-state index contributed by atoms with van der Waals surface area (Å²) in [7, 11) is -8.18. The van der Waals surface area contributed by atoms with Crippen LogP contribution in [-0.2, 0) is 20.2 Å². The molecule has 98 valence electrons. The van der Waals surface area contributed by atoms with Crippen LogP contribution in [0.1, 0.15) is 0 Å². The number of nitrogens with zero attached hydrogens (tertiary/aromatic N) is 2. The van der Waals surface area contributed by atoms with E-state index in [1.807, 2.05) is 0 Å². The summed E-state index contributed by atoms with van der Waals surface area (Å²) in [6.45, 7) is 0. The maximum absolute atomic E-state index is 10.4. The highest BCUT2D eigenvalue weighted by Crippen LogP contribution is 2.29. The standard InChI is InChI=1S/C4H6N2O6S5/c7-16(8,9)1-13-3-5-6-4(15-3)14-2-17(10,11)12/h1-2H2,(H,7,8,9)(H,10,11,12). The zero-order valence-electron chi connectivity index (χ0n) is 7.88. The van der Waals surface area contributed by atoms with Gasteiger partial charge in [0.2, 0.25) is 0 Å². The molecule has 0 aliphatic rings. The molecule has 0 aromatic carbocycles. The molecule has 0 atom stereocenters. The number of hydrogen-bond donors (Lipinski definition) is 2. The summed E-state index contributed by atoms with van der Waals surface area (Å²) in [5.74, 6) is 0. The Labute approximate surface area is 110 Å². The first kappa shape index (κ1) is 15.1. The van der Waals surface area contributed by atoms with Crippen LogP contribution in [0, 0.1) is 0 Å². The molecule has 2 N–H and O–H groups in total. The van der Waals surface area contributed by atoms with Gasteiger partial charge in [0.25, 0.3) is 20.2 Å². The minimum absolute atomic E-state index is 0.278. The highest BCUT2D eigenvalue weighted by Gasteiger charge is 2.12. The van der Waals surface area contributed by atoms with Gasteiger partial charge in [0.1, 0.15) is 10.2 Å². The summed E-state index contributed by atoms with van der Waals surface area (Å²) in [5.41, 5.74) is 0. The normalized spacial score (nSPS) is 12.8. The smallest absolute Gasteiger partial charge is 0.274 e. The molecule has 0 aliphatic heterocycles. The summed E-state index contributed by atoms with van der Waals surface area (Å²) < 4.78 is 59.3. The number of hydrogen-bond acceptors (Lipinski definition) is 9. The molecule has 0 saturated heterocycles. The number of aromatic nitrogens is 2. The van der Waals surface area contributed by atoms with Gasteiger partial charge in [-0.05, 0) is 0 Å². The van der Waals surface area contributed by atoms with Gasteiger partial charge in [-0.15, -0.1) is 10.2 Å². The Morgan fingerprint density at radius 2 is 1.29 bits per heavy atom. The number of thioether (sulfide) groups is 2. The molecule has 1 aromatic rings. The molecule has 0 radical (unpaired) electrons. The van der Waals surface area contributed by atoms with Gasteiger partial charge in [-0.25, -0.2) is 0 Å². The van der Waals surface area contributed by atoms with Crippen LogP contribution >= 0.6 is 34.9 Å². The topological polar surface area (TPSA) is 135 Å². The predicted molar refractivity (Wildman–Crippen MR) is 64.5 cm³/mol. The van der Waals surface area contributed by atoms with Crippen molar-refractivity contribution in [3.05, 3.63) is 0 Å². The van der Waals surface area contributed by atoms with E-state index in [1.165, 1.54) is 0 Å². The molecular weight excluding hydrogens is 332 g/mol. The van der Waals surface area contributed by atoms with Crippen molar-refractivity contribution in [3.63, 3.8) is 0 Å². The molecule has 8 nitrogen and oxygen atoms in total. The van der Waals surface area contributed by atoms with E-state index in [2.05, 4.69) is 10.2 Å². The van der Waals surface area contributed by atoms with Crippen LogP contribution in [0.15, 0.2) is 8.68 Å². The third kappa shape index (κ3) is 7.17. The van der Waals surface area contributed by atoms with Crippen LogP contribution in [0.5, 0.6) is 0 Å². The zero-order chi connectivity index (χ0) is 13.1. The minimum Gasteiger partial charge on any atom is -0.285 e. The van der Waals surface area contributed by atoms with Crippen molar-refractivity contribution in [3.8, 4) is 0 Å². The van der Waals surface area contributed by atoms with E-state index in [1.54, 1.807) is 0 Å². The monoisotopic (exact) mass is 338 g/mol. The Balaban J connectivity index is 2.54. The highest BCUT2D eigenvalue weighted by atomic mass is 32.3.